The topological polar surface area (TPSA) is 54.3 Å². The molecule has 122 valence electrons. The van der Waals surface area contributed by atoms with E-state index < -0.39 is 0 Å². The molecule has 1 aliphatic heterocycles. The van der Waals surface area contributed by atoms with Gasteiger partial charge >= 0.3 is 0 Å². The first-order valence-electron chi connectivity index (χ1n) is 7.75. The van der Waals surface area contributed by atoms with Gasteiger partial charge < -0.3 is 14.4 Å². The van der Waals surface area contributed by atoms with Crippen molar-refractivity contribution in [3.8, 4) is 0 Å². The molecule has 22 heavy (non-hydrogen) atoms. The summed E-state index contributed by atoms with van der Waals surface area (Å²) in [5.41, 5.74) is 0. The summed E-state index contributed by atoms with van der Waals surface area (Å²) in [6, 6.07) is 0. The molecule has 0 radical (unpaired) electrons. The molecule has 2 rings (SSSR count). The Balaban J connectivity index is 1.96. The highest BCUT2D eigenvalue weighted by Gasteiger charge is 2.26. The number of carbonyl (C=O) groups is 1. The lowest BCUT2D eigenvalue weighted by atomic mass is 10.3. The summed E-state index contributed by atoms with van der Waals surface area (Å²) in [4.78, 5) is 16.9. The van der Waals surface area contributed by atoms with E-state index in [-0.39, 0.29) is 11.2 Å². The summed E-state index contributed by atoms with van der Waals surface area (Å²) in [6.45, 7) is 15.0. The molecule has 1 saturated heterocycles. The van der Waals surface area contributed by atoms with Crippen LogP contribution in [0, 0.1) is 6.92 Å². The number of hydrogen-bond donors (Lipinski definition) is 0. The fourth-order valence-corrected chi connectivity index (χ4v) is 3.53. The van der Waals surface area contributed by atoms with Gasteiger partial charge in [0.1, 0.15) is 5.82 Å². The Kier molecular flexibility index (Phi) is 6.02. The van der Waals surface area contributed by atoms with Crippen molar-refractivity contribution < 1.29 is 4.79 Å². The third kappa shape index (κ3) is 3.89. The van der Waals surface area contributed by atoms with Crippen molar-refractivity contribution in [2.24, 2.45) is 0 Å². The van der Waals surface area contributed by atoms with Crippen LogP contribution < -0.4 is 0 Å². The number of likely N-dealkylation sites (N-methyl/N-ethyl adjacent to an activating group) is 1. The summed E-state index contributed by atoms with van der Waals surface area (Å²) >= 11 is 1.48. The maximum atomic E-state index is 12.6. The van der Waals surface area contributed by atoms with E-state index in [1.165, 1.54) is 11.8 Å². The van der Waals surface area contributed by atoms with E-state index in [0.29, 0.717) is 6.54 Å². The predicted octanol–water partition coefficient (Wildman–Crippen LogP) is 1.42. The molecular formula is C15H25N5OS. The number of piperazine rings is 1. The molecule has 0 aromatic carbocycles. The van der Waals surface area contributed by atoms with Gasteiger partial charge in [0.25, 0.3) is 0 Å². The second-order valence-electron chi connectivity index (χ2n) is 5.45. The highest BCUT2D eigenvalue weighted by molar-refractivity contribution is 8.00. The van der Waals surface area contributed by atoms with Crippen LogP contribution in [0.3, 0.4) is 0 Å². The number of carbonyl (C=O) groups excluding carboxylic acids is 1. The number of nitrogens with zero attached hydrogens (tertiary/aromatic N) is 5. The number of aromatic nitrogens is 3. The molecule has 1 aliphatic rings. The Morgan fingerprint density at radius 1 is 1.36 bits per heavy atom. The average Bonchev–Trinajstić information content (AvgIpc) is 2.88. The van der Waals surface area contributed by atoms with Crippen molar-refractivity contribution in [2.75, 3.05) is 32.7 Å². The minimum atomic E-state index is -0.152. The van der Waals surface area contributed by atoms with Gasteiger partial charge in [0.2, 0.25) is 5.91 Å². The molecule has 0 spiro atoms. The molecular weight excluding hydrogens is 298 g/mol. The molecule has 6 nitrogen and oxygen atoms in total. The SMILES string of the molecule is C=CCn1c(C)nnc1SC(C)C(=O)N1CCN(CC)CC1. The van der Waals surface area contributed by atoms with Crippen LogP contribution in [0.1, 0.15) is 19.7 Å². The zero-order chi connectivity index (χ0) is 16.1. The van der Waals surface area contributed by atoms with E-state index in [1.54, 1.807) is 0 Å². The van der Waals surface area contributed by atoms with Crippen LogP contribution in [-0.2, 0) is 11.3 Å². The van der Waals surface area contributed by atoms with Crippen LogP contribution in [0.5, 0.6) is 0 Å². The fourth-order valence-electron chi connectivity index (χ4n) is 2.54. The van der Waals surface area contributed by atoms with Crippen molar-refractivity contribution in [1.82, 2.24) is 24.6 Å². The number of hydrogen-bond acceptors (Lipinski definition) is 5. The van der Waals surface area contributed by atoms with Crippen LogP contribution in [0.4, 0.5) is 0 Å². The second-order valence-corrected chi connectivity index (χ2v) is 6.76. The standard InChI is InChI=1S/C15H25N5OS/c1-5-7-20-13(4)16-17-15(20)22-12(3)14(21)19-10-8-18(6-2)9-11-19/h5,12H,1,6-11H2,2-4H3. The van der Waals surface area contributed by atoms with Gasteiger partial charge in [-0.1, -0.05) is 24.8 Å². The Morgan fingerprint density at radius 2 is 2.05 bits per heavy atom. The third-order valence-electron chi connectivity index (χ3n) is 3.97. The maximum Gasteiger partial charge on any atom is 0.235 e. The first-order valence-corrected chi connectivity index (χ1v) is 8.63. The molecule has 7 heteroatoms. The van der Waals surface area contributed by atoms with Crippen molar-refractivity contribution >= 4 is 17.7 Å². The van der Waals surface area contributed by atoms with Crippen LogP contribution in [0.25, 0.3) is 0 Å². The summed E-state index contributed by atoms with van der Waals surface area (Å²) < 4.78 is 1.98. The Bertz CT molecular complexity index is 522. The molecule has 1 aromatic rings. The minimum Gasteiger partial charge on any atom is -0.339 e. The number of amides is 1. The van der Waals surface area contributed by atoms with Gasteiger partial charge in [-0.05, 0) is 20.4 Å². The molecule has 1 atom stereocenters. The zero-order valence-corrected chi connectivity index (χ0v) is 14.5. The monoisotopic (exact) mass is 323 g/mol. The highest BCUT2D eigenvalue weighted by Crippen LogP contribution is 2.24. The normalized spacial score (nSPS) is 17.5. The van der Waals surface area contributed by atoms with Crippen molar-refractivity contribution in [3.05, 3.63) is 18.5 Å². The lowest BCUT2D eigenvalue weighted by Crippen LogP contribution is -2.50. The average molecular weight is 323 g/mol. The van der Waals surface area contributed by atoms with Gasteiger partial charge in [-0.25, -0.2) is 0 Å². The maximum absolute atomic E-state index is 12.6. The van der Waals surface area contributed by atoms with Crippen LogP contribution in [0.2, 0.25) is 0 Å². The van der Waals surface area contributed by atoms with Crippen LogP contribution in [-0.4, -0.2) is 68.4 Å². The third-order valence-corrected chi connectivity index (χ3v) is 5.04. The predicted molar refractivity (Wildman–Crippen MR) is 89.0 cm³/mol. The van der Waals surface area contributed by atoms with Crippen molar-refractivity contribution in [1.29, 1.82) is 0 Å². The largest absolute Gasteiger partial charge is 0.339 e. The first-order chi connectivity index (χ1) is 10.6. The molecule has 1 aromatic heterocycles. The summed E-state index contributed by atoms with van der Waals surface area (Å²) in [7, 11) is 0. The quantitative estimate of drug-likeness (QED) is 0.585. The molecule has 1 amide bonds. The highest BCUT2D eigenvalue weighted by atomic mass is 32.2. The first kappa shape index (κ1) is 17.0. The van der Waals surface area contributed by atoms with E-state index in [1.807, 2.05) is 29.4 Å². The van der Waals surface area contributed by atoms with Gasteiger partial charge in [-0.3, -0.25) is 4.79 Å². The molecule has 1 unspecified atom stereocenters. The number of thioether (sulfide) groups is 1. The van der Waals surface area contributed by atoms with Gasteiger partial charge in [0.15, 0.2) is 5.16 Å². The van der Waals surface area contributed by atoms with Crippen molar-refractivity contribution in [2.45, 2.75) is 37.7 Å². The van der Waals surface area contributed by atoms with Gasteiger partial charge in [-0.2, -0.15) is 0 Å². The summed E-state index contributed by atoms with van der Waals surface area (Å²) in [6.07, 6.45) is 1.82. The minimum absolute atomic E-state index is 0.152. The number of rotatable bonds is 6. The Hall–Kier alpha value is -1.34. The molecule has 0 N–H and O–H groups in total. The van der Waals surface area contributed by atoms with Crippen LogP contribution >= 0.6 is 11.8 Å². The molecule has 0 aliphatic carbocycles. The summed E-state index contributed by atoms with van der Waals surface area (Å²) in [5, 5.41) is 8.90. The van der Waals surface area contributed by atoms with Gasteiger partial charge in [-0.15, -0.1) is 16.8 Å². The van der Waals surface area contributed by atoms with E-state index in [2.05, 4.69) is 28.6 Å². The Morgan fingerprint density at radius 3 is 2.64 bits per heavy atom. The van der Waals surface area contributed by atoms with E-state index in [9.17, 15) is 4.79 Å². The lowest BCUT2D eigenvalue weighted by molar-refractivity contribution is -0.132. The lowest BCUT2D eigenvalue weighted by Gasteiger charge is -2.35. The number of aryl methyl sites for hydroxylation is 1. The van der Waals surface area contributed by atoms with Gasteiger partial charge in [0, 0.05) is 32.7 Å². The van der Waals surface area contributed by atoms with Crippen LogP contribution in [0.15, 0.2) is 17.8 Å². The molecule has 1 fully saturated rings. The zero-order valence-electron chi connectivity index (χ0n) is 13.7. The smallest absolute Gasteiger partial charge is 0.235 e. The van der Waals surface area contributed by atoms with E-state index in [4.69, 9.17) is 0 Å². The Labute approximate surface area is 136 Å². The van der Waals surface area contributed by atoms with Crippen molar-refractivity contribution in [3.63, 3.8) is 0 Å². The molecule has 0 bridgehead atoms. The molecule has 2 heterocycles. The van der Waals surface area contributed by atoms with Gasteiger partial charge in [0.05, 0.1) is 5.25 Å². The second kappa shape index (κ2) is 7.78. The summed E-state index contributed by atoms with van der Waals surface area (Å²) in [5.74, 6) is 1.03. The fraction of sp³-hybridized carbons (Fsp3) is 0.667. The van der Waals surface area contributed by atoms with E-state index >= 15 is 0 Å². The van der Waals surface area contributed by atoms with E-state index in [0.717, 1.165) is 43.7 Å². The molecule has 0 saturated carbocycles. The number of allylic oxidation sites excluding steroid dienone is 1.